The Hall–Kier alpha value is -2.01. The smallest absolute Gasteiger partial charge is 0.169 e. The van der Waals surface area contributed by atoms with Gasteiger partial charge >= 0.3 is 0 Å². The summed E-state index contributed by atoms with van der Waals surface area (Å²) in [5.74, 6) is -1.22. The highest BCUT2D eigenvalue weighted by molar-refractivity contribution is 9.10. The van der Waals surface area contributed by atoms with E-state index in [0.717, 1.165) is 17.0 Å². The van der Waals surface area contributed by atoms with Gasteiger partial charge in [0.25, 0.3) is 0 Å². The lowest BCUT2D eigenvalue weighted by Crippen LogP contribution is -2.51. The number of aliphatic hydroxyl groups excluding tert-OH is 1. The SMILES string of the molecule is CC(C)[Si](C(C)C)(C(C)C)n1ccc2c(Br)c(C(O)c3ccc(F)c(C#N)c3)c(F)cc21. The first-order chi connectivity index (χ1) is 15.0. The third-order valence-corrected chi connectivity index (χ3v) is 14.4. The van der Waals surface area contributed by atoms with Crippen molar-refractivity contribution in [1.82, 2.24) is 4.23 Å². The van der Waals surface area contributed by atoms with Gasteiger partial charge in [0.2, 0.25) is 0 Å². The number of aromatic nitrogens is 1. The zero-order chi connectivity index (χ0) is 24.0. The average Bonchev–Trinajstić information content (AvgIpc) is 3.12. The van der Waals surface area contributed by atoms with Crippen molar-refractivity contribution in [3.05, 3.63) is 69.3 Å². The fourth-order valence-electron chi connectivity index (χ4n) is 5.61. The van der Waals surface area contributed by atoms with Crippen molar-refractivity contribution in [2.24, 2.45) is 0 Å². The molecule has 0 fully saturated rings. The van der Waals surface area contributed by atoms with Gasteiger partial charge < -0.3 is 9.34 Å². The summed E-state index contributed by atoms with van der Waals surface area (Å²) in [6, 6.07) is 8.98. The van der Waals surface area contributed by atoms with Crippen molar-refractivity contribution < 1.29 is 13.9 Å². The van der Waals surface area contributed by atoms with Gasteiger partial charge in [-0.1, -0.05) is 47.6 Å². The summed E-state index contributed by atoms with van der Waals surface area (Å²) < 4.78 is 32.0. The predicted molar refractivity (Wildman–Crippen MR) is 131 cm³/mol. The molecule has 32 heavy (non-hydrogen) atoms. The molecular weight excluding hydrogens is 490 g/mol. The molecule has 1 heterocycles. The third-order valence-electron chi connectivity index (χ3n) is 6.81. The molecule has 3 nitrogen and oxygen atoms in total. The maximum Gasteiger partial charge on any atom is 0.169 e. The molecule has 0 saturated carbocycles. The molecule has 3 aromatic rings. The highest BCUT2D eigenvalue weighted by Gasteiger charge is 2.45. The summed E-state index contributed by atoms with van der Waals surface area (Å²) in [4.78, 5) is 0. The van der Waals surface area contributed by atoms with Crippen LogP contribution in [0.15, 0.2) is 41.0 Å². The summed E-state index contributed by atoms with van der Waals surface area (Å²) in [7, 11) is -2.10. The van der Waals surface area contributed by atoms with Gasteiger partial charge in [0.15, 0.2) is 8.24 Å². The van der Waals surface area contributed by atoms with Crippen LogP contribution in [0.4, 0.5) is 8.78 Å². The van der Waals surface area contributed by atoms with Gasteiger partial charge in [0.05, 0.1) is 5.56 Å². The summed E-state index contributed by atoms with van der Waals surface area (Å²) in [6.07, 6.45) is 0.718. The van der Waals surface area contributed by atoms with Crippen LogP contribution in [0.3, 0.4) is 0 Å². The number of benzene rings is 2. The number of halogens is 3. The van der Waals surface area contributed by atoms with Crippen LogP contribution in [0.5, 0.6) is 0 Å². The van der Waals surface area contributed by atoms with E-state index in [2.05, 4.69) is 67.9 Å². The first-order valence-corrected chi connectivity index (χ1v) is 13.8. The van der Waals surface area contributed by atoms with E-state index in [4.69, 9.17) is 5.26 Å². The molecule has 1 atom stereocenters. The molecule has 1 aromatic heterocycles. The Morgan fingerprint density at radius 3 is 2.09 bits per heavy atom. The molecule has 0 aliphatic carbocycles. The van der Waals surface area contributed by atoms with Crippen LogP contribution < -0.4 is 0 Å². The molecule has 0 spiro atoms. The first kappa shape index (κ1) is 24.6. The second kappa shape index (κ2) is 9.09. The number of aliphatic hydroxyl groups is 1. The molecule has 0 amide bonds. The zero-order valence-electron chi connectivity index (χ0n) is 19.2. The van der Waals surface area contributed by atoms with Crippen LogP contribution in [0, 0.1) is 23.0 Å². The van der Waals surface area contributed by atoms with Crippen molar-refractivity contribution in [2.75, 3.05) is 0 Å². The molecule has 2 aromatic carbocycles. The lowest BCUT2D eigenvalue weighted by molar-refractivity contribution is 0.214. The Kier molecular flexibility index (Phi) is 6.99. The predicted octanol–water partition coefficient (Wildman–Crippen LogP) is 7.66. The number of fused-ring (bicyclic) bond motifs is 1. The van der Waals surface area contributed by atoms with Gasteiger partial charge in [-0.05, 0) is 68.6 Å². The van der Waals surface area contributed by atoms with Crippen LogP contribution in [-0.4, -0.2) is 17.6 Å². The second-order valence-corrected chi connectivity index (χ2v) is 15.8. The van der Waals surface area contributed by atoms with Crippen LogP contribution >= 0.6 is 15.9 Å². The van der Waals surface area contributed by atoms with Crippen molar-refractivity contribution in [3.63, 3.8) is 0 Å². The first-order valence-electron chi connectivity index (χ1n) is 10.8. The van der Waals surface area contributed by atoms with Gasteiger partial charge in [-0.3, -0.25) is 0 Å². The van der Waals surface area contributed by atoms with E-state index in [1.54, 1.807) is 6.07 Å². The van der Waals surface area contributed by atoms with Crippen molar-refractivity contribution in [1.29, 1.82) is 5.26 Å². The molecular formula is C25H29BrF2N2OSi. The monoisotopic (exact) mass is 518 g/mol. The summed E-state index contributed by atoms with van der Waals surface area (Å²) in [5, 5.41) is 20.9. The Bertz CT molecular complexity index is 1180. The fourth-order valence-corrected chi connectivity index (χ4v) is 13.0. The molecule has 0 saturated heterocycles. The number of nitrogens with zero attached hydrogens (tertiary/aromatic N) is 2. The van der Waals surface area contributed by atoms with E-state index < -0.39 is 26.0 Å². The Morgan fingerprint density at radius 1 is 0.969 bits per heavy atom. The maximum absolute atomic E-state index is 15.5. The van der Waals surface area contributed by atoms with E-state index in [1.807, 2.05) is 6.07 Å². The van der Waals surface area contributed by atoms with E-state index in [1.165, 1.54) is 18.2 Å². The lowest BCUT2D eigenvalue weighted by atomic mass is 9.98. The zero-order valence-corrected chi connectivity index (χ0v) is 21.8. The quantitative estimate of drug-likeness (QED) is 0.340. The second-order valence-electron chi connectivity index (χ2n) is 9.31. The standard InChI is InChI=1S/C25H29BrF2N2OSi/c1-14(2)32(15(3)4,16(5)6)30-10-9-19-22(30)12-21(28)23(24(19)26)25(31)17-7-8-20(27)18(11-17)13-29/h7-12,14-16,25,31H,1-6H3. The van der Waals surface area contributed by atoms with Crippen molar-refractivity contribution >= 4 is 35.1 Å². The number of rotatable bonds is 6. The van der Waals surface area contributed by atoms with E-state index >= 15 is 4.39 Å². The Balaban J connectivity index is 2.24. The molecule has 0 bridgehead atoms. The molecule has 0 radical (unpaired) electrons. The van der Waals surface area contributed by atoms with E-state index in [-0.39, 0.29) is 16.7 Å². The molecule has 3 rings (SSSR count). The Labute approximate surface area is 197 Å². The highest BCUT2D eigenvalue weighted by atomic mass is 79.9. The number of nitriles is 1. The van der Waals surface area contributed by atoms with E-state index in [9.17, 15) is 9.50 Å². The van der Waals surface area contributed by atoms with Crippen LogP contribution in [0.1, 0.15) is 64.3 Å². The minimum atomic E-state index is -2.10. The van der Waals surface area contributed by atoms with Gasteiger partial charge in [0, 0.05) is 20.9 Å². The third kappa shape index (κ3) is 3.72. The molecule has 0 aliphatic heterocycles. The van der Waals surface area contributed by atoms with Crippen molar-refractivity contribution in [2.45, 2.75) is 64.3 Å². The van der Waals surface area contributed by atoms with Gasteiger partial charge in [-0.15, -0.1) is 0 Å². The summed E-state index contributed by atoms with van der Waals surface area (Å²) >= 11 is 3.53. The lowest BCUT2D eigenvalue weighted by Gasteiger charge is -2.44. The fraction of sp³-hybridized carbons (Fsp3) is 0.400. The minimum Gasteiger partial charge on any atom is -0.384 e. The summed E-state index contributed by atoms with van der Waals surface area (Å²) in [6.45, 7) is 13.5. The van der Waals surface area contributed by atoms with Crippen LogP contribution in [-0.2, 0) is 0 Å². The minimum absolute atomic E-state index is 0.0802. The number of hydrogen-bond donors (Lipinski definition) is 1. The Morgan fingerprint density at radius 2 is 1.56 bits per heavy atom. The van der Waals surface area contributed by atoms with Crippen LogP contribution in [0.25, 0.3) is 10.9 Å². The molecule has 1 unspecified atom stereocenters. The highest BCUT2D eigenvalue weighted by Crippen LogP contribution is 2.46. The number of hydrogen-bond acceptors (Lipinski definition) is 2. The van der Waals surface area contributed by atoms with Crippen LogP contribution in [0.2, 0.25) is 16.6 Å². The van der Waals surface area contributed by atoms with Crippen molar-refractivity contribution in [3.8, 4) is 6.07 Å². The molecule has 1 N–H and O–H groups in total. The average molecular weight is 520 g/mol. The maximum atomic E-state index is 15.5. The molecule has 7 heteroatoms. The summed E-state index contributed by atoms with van der Waals surface area (Å²) in [5.41, 5.74) is 2.28. The molecule has 170 valence electrons. The van der Waals surface area contributed by atoms with Gasteiger partial charge in [-0.25, -0.2) is 8.78 Å². The van der Waals surface area contributed by atoms with Gasteiger partial charge in [0.1, 0.15) is 23.8 Å². The largest absolute Gasteiger partial charge is 0.384 e. The van der Waals surface area contributed by atoms with E-state index in [0.29, 0.717) is 21.1 Å². The molecule has 0 aliphatic rings. The van der Waals surface area contributed by atoms with Gasteiger partial charge in [-0.2, -0.15) is 5.26 Å². The topological polar surface area (TPSA) is 49.0 Å². The normalized spacial score (nSPS) is 13.4.